The molecular formula is C21H27BO4. The number of hydrogen-bond donors (Lipinski definition) is 0. The van der Waals surface area contributed by atoms with E-state index >= 15 is 0 Å². The van der Waals surface area contributed by atoms with Crippen LogP contribution >= 0.6 is 0 Å². The highest BCUT2D eigenvalue weighted by molar-refractivity contribution is 6.62. The summed E-state index contributed by atoms with van der Waals surface area (Å²) in [6, 6.07) is 14.3. The van der Waals surface area contributed by atoms with Crippen molar-refractivity contribution in [1.29, 1.82) is 0 Å². The molecule has 1 saturated heterocycles. The molecule has 0 N–H and O–H groups in total. The molecule has 0 bridgehead atoms. The number of hydrogen-bond acceptors (Lipinski definition) is 4. The highest BCUT2D eigenvalue weighted by Gasteiger charge is 2.52. The van der Waals surface area contributed by atoms with Crippen LogP contribution < -0.4 is 14.9 Å². The van der Waals surface area contributed by atoms with Crippen LogP contribution in [0.5, 0.6) is 11.5 Å². The summed E-state index contributed by atoms with van der Waals surface area (Å²) in [5, 5.41) is 0. The molecule has 1 fully saturated rings. The Hall–Kier alpha value is -1.98. The minimum Gasteiger partial charge on any atom is -0.496 e. The summed E-state index contributed by atoms with van der Waals surface area (Å²) < 4.78 is 23.7. The third-order valence-corrected chi connectivity index (χ3v) is 5.38. The molecule has 0 radical (unpaired) electrons. The van der Waals surface area contributed by atoms with E-state index in [2.05, 4.69) is 12.1 Å². The maximum absolute atomic E-state index is 6.17. The third kappa shape index (κ3) is 3.46. The predicted molar refractivity (Wildman–Crippen MR) is 105 cm³/mol. The van der Waals surface area contributed by atoms with E-state index in [4.69, 9.17) is 18.8 Å². The molecule has 1 aliphatic heterocycles. The van der Waals surface area contributed by atoms with E-state index in [0.717, 1.165) is 28.9 Å². The summed E-state index contributed by atoms with van der Waals surface area (Å²) in [4.78, 5) is 0. The second kappa shape index (κ2) is 6.97. The molecule has 0 aliphatic carbocycles. The smallest absolute Gasteiger partial charge is 0.495 e. The van der Waals surface area contributed by atoms with Crippen molar-refractivity contribution in [2.75, 3.05) is 14.2 Å². The van der Waals surface area contributed by atoms with Gasteiger partial charge < -0.3 is 18.8 Å². The first kappa shape index (κ1) is 18.8. The summed E-state index contributed by atoms with van der Waals surface area (Å²) in [5.41, 5.74) is 2.34. The maximum Gasteiger partial charge on any atom is 0.495 e. The highest BCUT2D eigenvalue weighted by atomic mass is 16.7. The summed E-state index contributed by atoms with van der Waals surface area (Å²) in [7, 11) is 2.91. The van der Waals surface area contributed by atoms with Gasteiger partial charge in [-0.3, -0.25) is 0 Å². The molecule has 26 heavy (non-hydrogen) atoms. The molecule has 138 valence electrons. The normalized spacial score (nSPS) is 18.0. The fourth-order valence-corrected chi connectivity index (χ4v) is 3.09. The minimum atomic E-state index is -0.450. The van der Waals surface area contributed by atoms with E-state index in [1.165, 1.54) is 5.56 Å². The number of benzene rings is 2. The molecule has 1 heterocycles. The zero-order chi connectivity index (χ0) is 18.9. The predicted octanol–water partition coefficient (Wildman–Crippen LogP) is 3.59. The van der Waals surface area contributed by atoms with Crippen LogP contribution in [0.1, 0.15) is 38.8 Å². The van der Waals surface area contributed by atoms with Crippen LogP contribution in [0.25, 0.3) is 0 Å². The summed E-state index contributed by atoms with van der Waals surface area (Å²) >= 11 is 0. The van der Waals surface area contributed by atoms with Gasteiger partial charge in [0.15, 0.2) is 0 Å². The second-order valence-electron chi connectivity index (χ2n) is 7.65. The Morgan fingerprint density at radius 1 is 0.846 bits per heavy atom. The number of ether oxygens (including phenoxy) is 2. The average Bonchev–Trinajstić information content (AvgIpc) is 2.83. The maximum atomic E-state index is 6.17. The minimum absolute atomic E-state index is 0.388. The first-order chi connectivity index (χ1) is 12.3. The lowest BCUT2D eigenvalue weighted by Crippen LogP contribution is -2.41. The molecule has 0 saturated carbocycles. The largest absolute Gasteiger partial charge is 0.496 e. The summed E-state index contributed by atoms with van der Waals surface area (Å²) in [5.74, 6) is 1.55. The van der Waals surface area contributed by atoms with Gasteiger partial charge in [0.25, 0.3) is 0 Å². The Bertz CT molecular complexity index is 730. The Labute approximate surface area is 156 Å². The van der Waals surface area contributed by atoms with E-state index in [0.29, 0.717) is 0 Å². The van der Waals surface area contributed by atoms with E-state index in [1.54, 1.807) is 14.2 Å². The molecule has 0 amide bonds. The zero-order valence-corrected chi connectivity index (χ0v) is 16.5. The van der Waals surface area contributed by atoms with E-state index < -0.39 is 7.12 Å². The van der Waals surface area contributed by atoms with Crippen LogP contribution in [0.4, 0.5) is 0 Å². The molecule has 2 aromatic carbocycles. The first-order valence-corrected chi connectivity index (χ1v) is 8.92. The SMILES string of the molecule is COc1cc(B2OC(C)(C)C(C)(C)O2)cc(OC)c1Cc1ccccc1. The molecule has 4 nitrogen and oxygen atoms in total. The summed E-state index contributed by atoms with van der Waals surface area (Å²) in [6.45, 7) is 8.19. The third-order valence-electron chi connectivity index (χ3n) is 5.38. The first-order valence-electron chi connectivity index (χ1n) is 8.92. The standard InChI is InChI=1S/C21H27BO4/c1-20(2)21(3,4)26-22(25-20)16-13-18(23-5)17(19(14-16)24-6)12-15-10-8-7-9-11-15/h7-11,13-14H,12H2,1-6H3. The summed E-state index contributed by atoms with van der Waals surface area (Å²) in [6.07, 6.45) is 0.733. The molecule has 5 heteroatoms. The monoisotopic (exact) mass is 354 g/mol. The number of methoxy groups -OCH3 is 2. The van der Waals surface area contributed by atoms with Gasteiger partial charge in [-0.15, -0.1) is 0 Å². The Balaban J connectivity index is 1.97. The molecular weight excluding hydrogens is 327 g/mol. The molecule has 3 rings (SSSR count). The van der Waals surface area contributed by atoms with Crippen molar-refractivity contribution >= 4 is 12.6 Å². The van der Waals surface area contributed by atoms with Crippen molar-refractivity contribution in [2.24, 2.45) is 0 Å². The lowest BCUT2D eigenvalue weighted by Gasteiger charge is -2.32. The van der Waals surface area contributed by atoms with Crippen molar-refractivity contribution in [3.8, 4) is 11.5 Å². The van der Waals surface area contributed by atoms with Gasteiger partial charge >= 0.3 is 7.12 Å². The van der Waals surface area contributed by atoms with Crippen molar-refractivity contribution in [3.63, 3.8) is 0 Å². The van der Waals surface area contributed by atoms with Crippen LogP contribution in [0.3, 0.4) is 0 Å². The van der Waals surface area contributed by atoms with Gasteiger partial charge in [0.05, 0.1) is 25.4 Å². The quantitative estimate of drug-likeness (QED) is 0.769. The fourth-order valence-electron chi connectivity index (χ4n) is 3.09. The Morgan fingerprint density at radius 2 is 1.35 bits per heavy atom. The van der Waals surface area contributed by atoms with E-state index in [1.807, 2.05) is 58.0 Å². The molecule has 0 unspecified atom stereocenters. The van der Waals surface area contributed by atoms with Gasteiger partial charge in [0.1, 0.15) is 11.5 Å². The topological polar surface area (TPSA) is 36.9 Å². The van der Waals surface area contributed by atoms with Crippen LogP contribution in [0, 0.1) is 0 Å². The van der Waals surface area contributed by atoms with Gasteiger partial charge in [-0.2, -0.15) is 0 Å². The van der Waals surface area contributed by atoms with Crippen molar-refractivity contribution in [2.45, 2.75) is 45.3 Å². The highest BCUT2D eigenvalue weighted by Crippen LogP contribution is 2.38. The van der Waals surface area contributed by atoms with Crippen LogP contribution in [-0.4, -0.2) is 32.5 Å². The lowest BCUT2D eigenvalue weighted by molar-refractivity contribution is 0.00578. The average molecular weight is 354 g/mol. The number of rotatable bonds is 5. The van der Waals surface area contributed by atoms with Gasteiger partial charge in [-0.25, -0.2) is 0 Å². The zero-order valence-electron chi connectivity index (χ0n) is 16.5. The van der Waals surface area contributed by atoms with Crippen molar-refractivity contribution < 1.29 is 18.8 Å². The molecule has 0 spiro atoms. The van der Waals surface area contributed by atoms with Crippen LogP contribution in [0.15, 0.2) is 42.5 Å². The molecule has 0 aromatic heterocycles. The van der Waals surface area contributed by atoms with E-state index in [-0.39, 0.29) is 11.2 Å². The van der Waals surface area contributed by atoms with Gasteiger partial charge in [0.2, 0.25) is 0 Å². The second-order valence-corrected chi connectivity index (χ2v) is 7.65. The van der Waals surface area contributed by atoms with Crippen LogP contribution in [-0.2, 0) is 15.7 Å². The van der Waals surface area contributed by atoms with Gasteiger partial charge in [0, 0.05) is 12.0 Å². The lowest BCUT2D eigenvalue weighted by atomic mass is 9.78. The van der Waals surface area contributed by atoms with Crippen molar-refractivity contribution in [1.82, 2.24) is 0 Å². The van der Waals surface area contributed by atoms with Gasteiger partial charge in [-0.05, 0) is 50.9 Å². The van der Waals surface area contributed by atoms with Gasteiger partial charge in [-0.1, -0.05) is 30.3 Å². The molecule has 1 aliphatic rings. The van der Waals surface area contributed by atoms with Crippen molar-refractivity contribution in [3.05, 3.63) is 53.6 Å². The van der Waals surface area contributed by atoms with Crippen LogP contribution in [0.2, 0.25) is 0 Å². The fraction of sp³-hybridized carbons (Fsp3) is 0.429. The Morgan fingerprint density at radius 3 is 1.81 bits per heavy atom. The molecule has 2 aromatic rings. The Kier molecular flexibility index (Phi) is 5.04. The molecule has 0 atom stereocenters. The van der Waals surface area contributed by atoms with E-state index in [9.17, 15) is 0 Å².